The molecule has 0 spiro atoms. The lowest BCUT2D eigenvalue weighted by molar-refractivity contribution is 0.244. The standard InChI is InChI=1S/C30H30N4O3/c1-5-21-9-13-22(14-10-21)27-26(29-32-28(33-37-29)23-11-7-19(3)8-12-23)20(4)34(30(35)31-27)24-15-17-25(18-16-24)36-6-2/h7-18,27H,5-6H2,1-4H3,(H,31,35). The normalized spacial score (nSPS) is 15.6. The third kappa shape index (κ3) is 4.85. The predicted molar refractivity (Wildman–Crippen MR) is 144 cm³/mol. The second kappa shape index (κ2) is 10.3. The number of aryl methyl sites for hydroxylation is 2. The maximum absolute atomic E-state index is 13.4. The van der Waals surface area contributed by atoms with Gasteiger partial charge in [-0.25, -0.2) is 4.79 Å². The Morgan fingerprint density at radius 3 is 2.30 bits per heavy atom. The molecule has 37 heavy (non-hydrogen) atoms. The van der Waals surface area contributed by atoms with E-state index >= 15 is 0 Å². The summed E-state index contributed by atoms with van der Waals surface area (Å²) in [5.74, 6) is 1.62. The Morgan fingerprint density at radius 1 is 0.946 bits per heavy atom. The van der Waals surface area contributed by atoms with E-state index in [2.05, 4.69) is 29.5 Å². The fraction of sp³-hybridized carbons (Fsp3) is 0.233. The van der Waals surface area contributed by atoms with Crippen molar-refractivity contribution >= 4 is 17.3 Å². The summed E-state index contributed by atoms with van der Waals surface area (Å²) in [7, 11) is 0. The van der Waals surface area contributed by atoms with Gasteiger partial charge in [-0.3, -0.25) is 4.90 Å². The zero-order chi connectivity index (χ0) is 25.9. The molecule has 0 fully saturated rings. The number of carbonyl (C=O) groups excluding carboxylic acids is 1. The van der Waals surface area contributed by atoms with Crippen molar-refractivity contribution in [2.45, 2.75) is 40.2 Å². The molecule has 0 aliphatic carbocycles. The van der Waals surface area contributed by atoms with E-state index in [1.165, 1.54) is 5.56 Å². The molecule has 1 N–H and O–H groups in total. The first-order valence-electron chi connectivity index (χ1n) is 12.5. The van der Waals surface area contributed by atoms with Gasteiger partial charge in [-0.05, 0) is 62.6 Å². The average molecular weight is 495 g/mol. The minimum Gasteiger partial charge on any atom is -0.494 e. The van der Waals surface area contributed by atoms with Crippen molar-refractivity contribution < 1.29 is 14.1 Å². The minimum absolute atomic E-state index is 0.228. The number of urea groups is 1. The fourth-order valence-corrected chi connectivity index (χ4v) is 4.54. The monoisotopic (exact) mass is 494 g/mol. The summed E-state index contributed by atoms with van der Waals surface area (Å²) in [6.07, 6.45) is 0.939. The molecule has 0 saturated carbocycles. The van der Waals surface area contributed by atoms with E-state index in [1.54, 1.807) is 4.90 Å². The van der Waals surface area contributed by atoms with Crippen LogP contribution >= 0.6 is 0 Å². The Morgan fingerprint density at radius 2 is 1.65 bits per heavy atom. The third-order valence-electron chi connectivity index (χ3n) is 6.58. The molecular weight excluding hydrogens is 464 g/mol. The van der Waals surface area contributed by atoms with Gasteiger partial charge in [0.05, 0.1) is 23.9 Å². The van der Waals surface area contributed by atoms with Crippen LogP contribution in [0.15, 0.2) is 83.0 Å². The topological polar surface area (TPSA) is 80.5 Å². The lowest BCUT2D eigenvalue weighted by Gasteiger charge is -2.35. The van der Waals surface area contributed by atoms with E-state index in [0.29, 0.717) is 24.0 Å². The average Bonchev–Trinajstić information content (AvgIpc) is 3.39. The van der Waals surface area contributed by atoms with Gasteiger partial charge in [0.2, 0.25) is 5.82 Å². The van der Waals surface area contributed by atoms with Crippen LogP contribution < -0.4 is 15.0 Å². The Bertz CT molecular complexity index is 1420. The van der Waals surface area contributed by atoms with Gasteiger partial charge >= 0.3 is 6.03 Å². The van der Waals surface area contributed by atoms with Crippen LogP contribution in [-0.4, -0.2) is 22.8 Å². The summed E-state index contributed by atoms with van der Waals surface area (Å²) in [4.78, 5) is 19.8. The summed E-state index contributed by atoms with van der Waals surface area (Å²) in [5.41, 5.74) is 6.38. The first kappa shape index (κ1) is 24.3. The van der Waals surface area contributed by atoms with Crippen molar-refractivity contribution in [2.24, 2.45) is 0 Å². The number of ether oxygens (including phenoxy) is 1. The Balaban J connectivity index is 1.60. The van der Waals surface area contributed by atoms with Crippen LogP contribution in [0.3, 0.4) is 0 Å². The van der Waals surface area contributed by atoms with E-state index in [0.717, 1.165) is 40.1 Å². The quantitative estimate of drug-likeness (QED) is 0.309. The van der Waals surface area contributed by atoms with Crippen LogP contribution in [0, 0.1) is 6.92 Å². The largest absolute Gasteiger partial charge is 0.494 e. The smallest absolute Gasteiger partial charge is 0.326 e. The minimum atomic E-state index is -0.441. The predicted octanol–water partition coefficient (Wildman–Crippen LogP) is 6.71. The highest BCUT2D eigenvalue weighted by atomic mass is 16.5. The van der Waals surface area contributed by atoms with E-state index in [1.807, 2.05) is 81.4 Å². The maximum Gasteiger partial charge on any atom is 0.326 e. The molecule has 4 aromatic rings. The second-order valence-corrected chi connectivity index (χ2v) is 9.03. The molecule has 0 radical (unpaired) electrons. The molecule has 2 amide bonds. The van der Waals surface area contributed by atoms with Crippen molar-refractivity contribution in [3.8, 4) is 17.1 Å². The molecule has 1 aliphatic rings. The molecule has 3 aromatic carbocycles. The molecular formula is C30H30N4O3. The van der Waals surface area contributed by atoms with Crippen LogP contribution in [-0.2, 0) is 6.42 Å². The number of amides is 2. The molecule has 7 nitrogen and oxygen atoms in total. The SMILES string of the molecule is CCOc1ccc(N2C(=O)NC(c3ccc(CC)cc3)C(c3nc(-c4ccc(C)cc4)no3)=C2C)cc1. The zero-order valence-corrected chi connectivity index (χ0v) is 21.5. The van der Waals surface area contributed by atoms with Crippen LogP contribution in [0.2, 0.25) is 0 Å². The van der Waals surface area contributed by atoms with E-state index in [-0.39, 0.29) is 6.03 Å². The Labute approximate surface area is 216 Å². The summed E-state index contributed by atoms with van der Waals surface area (Å²) in [6, 6.07) is 23.0. The molecule has 1 atom stereocenters. The number of hydrogen-bond acceptors (Lipinski definition) is 5. The Kier molecular flexibility index (Phi) is 6.77. The number of anilines is 1. The van der Waals surface area contributed by atoms with Gasteiger partial charge in [-0.2, -0.15) is 4.98 Å². The number of aromatic nitrogens is 2. The number of nitrogens with one attached hydrogen (secondary N) is 1. The molecule has 2 heterocycles. The summed E-state index contributed by atoms with van der Waals surface area (Å²) in [6.45, 7) is 8.58. The lowest BCUT2D eigenvalue weighted by Crippen LogP contribution is -2.46. The summed E-state index contributed by atoms with van der Waals surface area (Å²) in [5, 5.41) is 7.43. The molecule has 1 aliphatic heterocycles. The first-order chi connectivity index (χ1) is 18.0. The van der Waals surface area contributed by atoms with Gasteiger partial charge in [0, 0.05) is 11.3 Å². The van der Waals surface area contributed by atoms with Crippen molar-refractivity contribution in [3.63, 3.8) is 0 Å². The van der Waals surface area contributed by atoms with Crippen molar-refractivity contribution in [2.75, 3.05) is 11.5 Å². The van der Waals surface area contributed by atoms with Crippen LogP contribution in [0.1, 0.15) is 49.4 Å². The molecule has 7 heteroatoms. The lowest BCUT2D eigenvalue weighted by atomic mass is 9.93. The highest BCUT2D eigenvalue weighted by Gasteiger charge is 2.36. The summed E-state index contributed by atoms with van der Waals surface area (Å²) >= 11 is 0. The maximum atomic E-state index is 13.4. The van der Waals surface area contributed by atoms with Crippen molar-refractivity contribution in [3.05, 3.63) is 101 Å². The second-order valence-electron chi connectivity index (χ2n) is 9.03. The van der Waals surface area contributed by atoms with Crippen LogP contribution in [0.25, 0.3) is 17.0 Å². The highest BCUT2D eigenvalue weighted by molar-refractivity contribution is 6.01. The fourth-order valence-electron chi connectivity index (χ4n) is 4.54. The number of allylic oxidation sites excluding steroid dienone is 1. The van der Waals surface area contributed by atoms with Gasteiger partial charge in [0.25, 0.3) is 5.89 Å². The van der Waals surface area contributed by atoms with E-state index in [4.69, 9.17) is 14.2 Å². The van der Waals surface area contributed by atoms with Gasteiger partial charge in [0.15, 0.2) is 0 Å². The Hall–Kier alpha value is -4.39. The first-order valence-corrected chi connectivity index (χ1v) is 12.5. The number of hydrogen-bond donors (Lipinski definition) is 1. The molecule has 188 valence electrons. The van der Waals surface area contributed by atoms with Gasteiger partial charge in [-0.1, -0.05) is 66.2 Å². The van der Waals surface area contributed by atoms with E-state index < -0.39 is 6.04 Å². The number of carbonyl (C=O) groups is 1. The third-order valence-corrected chi connectivity index (χ3v) is 6.58. The highest BCUT2D eigenvalue weighted by Crippen LogP contribution is 2.39. The summed E-state index contributed by atoms with van der Waals surface area (Å²) < 4.78 is 11.4. The van der Waals surface area contributed by atoms with Crippen molar-refractivity contribution in [1.82, 2.24) is 15.5 Å². The van der Waals surface area contributed by atoms with Crippen LogP contribution in [0.4, 0.5) is 10.5 Å². The number of nitrogens with zero attached hydrogens (tertiary/aromatic N) is 3. The molecule has 5 rings (SSSR count). The molecule has 1 unspecified atom stereocenters. The molecule has 1 aromatic heterocycles. The van der Waals surface area contributed by atoms with Crippen LogP contribution in [0.5, 0.6) is 5.75 Å². The van der Waals surface area contributed by atoms with Gasteiger partial charge in [-0.15, -0.1) is 0 Å². The van der Waals surface area contributed by atoms with Gasteiger partial charge < -0.3 is 14.6 Å². The molecule has 0 bridgehead atoms. The number of rotatable bonds is 7. The van der Waals surface area contributed by atoms with Gasteiger partial charge in [0.1, 0.15) is 5.75 Å². The number of benzene rings is 3. The molecule has 0 saturated heterocycles. The zero-order valence-electron chi connectivity index (χ0n) is 21.5. The van der Waals surface area contributed by atoms with Crippen molar-refractivity contribution in [1.29, 1.82) is 0 Å². The van der Waals surface area contributed by atoms with E-state index in [9.17, 15) is 4.79 Å².